The molecule has 27 heavy (non-hydrogen) atoms. The first kappa shape index (κ1) is 19.4. The van der Waals surface area contributed by atoms with E-state index in [4.69, 9.17) is 32.7 Å². The summed E-state index contributed by atoms with van der Waals surface area (Å²) in [4.78, 5) is 0. The maximum absolute atomic E-state index is 6.46. The minimum Gasteiger partial charge on any atom is -0.493 e. The number of anilines is 1. The molecule has 0 amide bonds. The van der Waals surface area contributed by atoms with Crippen molar-refractivity contribution in [2.45, 2.75) is 20.1 Å². The number of hydrogen-bond donors (Lipinski definition) is 1. The highest BCUT2D eigenvalue weighted by molar-refractivity contribution is 6.32. The molecule has 140 valence electrons. The van der Waals surface area contributed by atoms with Crippen LogP contribution in [0.1, 0.15) is 16.7 Å². The highest BCUT2D eigenvalue weighted by atomic mass is 35.5. The molecule has 1 N–H and O–H groups in total. The van der Waals surface area contributed by atoms with Crippen LogP contribution in [0.25, 0.3) is 0 Å². The SMILES string of the molecule is COc1cc(CNc2ccccc2C)cc(Cl)c1OCc1ccc(Cl)cc1. The summed E-state index contributed by atoms with van der Waals surface area (Å²) in [5, 5.41) is 4.64. The van der Waals surface area contributed by atoms with Crippen molar-refractivity contribution in [3.63, 3.8) is 0 Å². The molecule has 3 aromatic rings. The predicted molar refractivity (Wildman–Crippen MR) is 112 cm³/mol. The van der Waals surface area contributed by atoms with Crippen LogP contribution < -0.4 is 14.8 Å². The zero-order valence-electron chi connectivity index (χ0n) is 15.3. The van der Waals surface area contributed by atoms with Gasteiger partial charge < -0.3 is 14.8 Å². The normalized spacial score (nSPS) is 10.5. The molecular formula is C22H21Cl2NO2. The van der Waals surface area contributed by atoms with E-state index in [-0.39, 0.29) is 0 Å². The van der Waals surface area contributed by atoms with Crippen molar-refractivity contribution < 1.29 is 9.47 Å². The van der Waals surface area contributed by atoms with E-state index in [0.29, 0.717) is 34.7 Å². The molecule has 0 heterocycles. The van der Waals surface area contributed by atoms with E-state index in [9.17, 15) is 0 Å². The molecule has 0 aromatic heterocycles. The van der Waals surface area contributed by atoms with Crippen molar-refractivity contribution >= 4 is 28.9 Å². The predicted octanol–water partition coefficient (Wildman–Crippen LogP) is 6.50. The Balaban J connectivity index is 1.72. The Hall–Kier alpha value is -2.36. The van der Waals surface area contributed by atoms with Crippen LogP contribution in [0.4, 0.5) is 5.69 Å². The quantitative estimate of drug-likeness (QED) is 0.489. The van der Waals surface area contributed by atoms with Gasteiger partial charge in [-0.05, 0) is 53.9 Å². The lowest BCUT2D eigenvalue weighted by molar-refractivity contribution is 0.284. The van der Waals surface area contributed by atoms with Gasteiger partial charge in [-0.25, -0.2) is 0 Å². The third kappa shape index (κ3) is 5.09. The second-order valence-electron chi connectivity index (χ2n) is 6.19. The summed E-state index contributed by atoms with van der Waals surface area (Å²) in [5.41, 5.74) is 4.30. The van der Waals surface area contributed by atoms with Crippen molar-refractivity contribution in [2.24, 2.45) is 0 Å². The summed E-state index contributed by atoms with van der Waals surface area (Å²) in [5.74, 6) is 1.15. The van der Waals surface area contributed by atoms with Gasteiger partial charge in [-0.3, -0.25) is 0 Å². The summed E-state index contributed by atoms with van der Waals surface area (Å²) < 4.78 is 11.4. The van der Waals surface area contributed by atoms with Crippen LogP contribution in [-0.2, 0) is 13.2 Å². The van der Waals surface area contributed by atoms with Gasteiger partial charge in [0.05, 0.1) is 12.1 Å². The smallest absolute Gasteiger partial charge is 0.180 e. The van der Waals surface area contributed by atoms with Crippen molar-refractivity contribution in [1.82, 2.24) is 0 Å². The minimum atomic E-state index is 0.383. The zero-order valence-corrected chi connectivity index (χ0v) is 16.8. The summed E-state index contributed by atoms with van der Waals surface area (Å²) in [6.07, 6.45) is 0. The summed E-state index contributed by atoms with van der Waals surface area (Å²) in [6, 6.07) is 19.5. The number of ether oxygens (including phenoxy) is 2. The first-order valence-corrected chi connectivity index (χ1v) is 9.35. The standard InChI is InChI=1S/C22H21Cl2NO2/c1-15-5-3-4-6-20(15)25-13-17-11-19(24)22(21(12-17)26-2)27-14-16-7-9-18(23)10-8-16/h3-12,25H,13-14H2,1-2H3. The molecule has 3 rings (SSSR count). The molecular weight excluding hydrogens is 381 g/mol. The van der Waals surface area contributed by atoms with Crippen molar-refractivity contribution in [2.75, 3.05) is 12.4 Å². The van der Waals surface area contributed by atoms with Crippen LogP contribution in [0.5, 0.6) is 11.5 Å². The molecule has 0 unspecified atom stereocenters. The Morgan fingerprint density at radius 3 is 2.37 bits per heavy atom. The minimum absolute atomic E-state index is 0.383. The lowest BCUT2D eigenvalue weighted by Crippen LogP contribution is -2.03. The van der Waals surface area contributed by atoms with Gasteiger partial charge >= 0.3 is 0 Å². The Morgan fingerprint density at radius 2 is 1.67 bits per heavy atom. The molecule has 0 radical (unpaired) electrons. The van der Waals surface area contributed by atoms with Crippen LogP contribution in [0.15, 0.2) is 60.7 Å². The molecule has 0 aliphatic heterocycles. The molecule has 0 saturated carbocycles. The summed E-state index contributed by atoms with van der Waals surface area (Å²) >= 11 is 12.4. The fourth-order valence-electron chi connectivity index (χ4n) is 2.72. The van der Waals surface area contributed by atoms with Crippen LogP contribution in [0.2, 0.25) is 10.0 Å². The van der Waals surface area contributed by atoms with Gasteiger partial charge in [-0.15, -0.1) is 0 Å². The van der Waals surface area contributed by atoms with E-state index in [2.05, 4.69) is 24.4 Å². The molecule has 0 fully saturated rings. The Labute approximate surface area is 169 Å². The number of rotatable bonds is 7. The number of methoxy groups -OCH3 is 1. The molecule has 0 spiro atoms. The molecule has 5 heteroatoms. The fourth-order valence-corrected chi connectivity index (χ4v) is 3.13. The largest absolute Gasteiger partial charge is 0.493 e. The average Bonchev–Trinajstić information content (AvgIpc) is 2.67. The van der Waals surface area contributed by atoms with Crippen LogP contribution in [0.3, 0.4) is 0 Å². The number of aryl methyl sites for hydroxylation is 1. The van der Waals surface area contributed by atoms with Gasteiger partial charge in [0, 0.05) is 17.3 Å². The van der Waals surface area contributed by atoms with Gasteiger partial charge in [0.25, 0.3) is 0 Å². The number of hydrogen-bond acceptors (Lipinski definition) is 3. The molecule has 0 bridgehead atoms. The Kier molecular flexibility index (Phi) is 6.49. The van der Waals surface area contributed by atoms with Gasteiger partial charge in [0.1, 0.15) is 6.61 Å². The molecule has 0 aliphatic carbocycles. The number of para-hydroxylation sites is 1. The van der Waals surface area contributed by atoms with E-state index < -0.39 is 0 Å². The highest BCUT2D eigenvalue weighted by Gasteiger charge is 2.13. The molecule has 0 aliphatic rings. The molecule has 3 aromatic carbocycles. The molecule has 0 atom stereocenters. The van der Waals surface area contributed by atoms with Gasteiger partial charge in [0.15, 0.2) is 11.5 Å². The Bertz CT molecular complexity index is 911. The Morgan fingerprint density at radius 1 is 0.926 bits per heavy atom. The van der Waals surface area contributed by atoms with Gasteiger partial charge in [-0.2, -0.15) is 0 Å². The molecule has 3 nitrogen and oxygen atoms in total. The van der Waals surface area contributed by atoms with Crippen LogP contribution >= 0.6 is 23.2 Å². The van der Waals surface area contributed by atoms with Crippen LogP contribution in [-0.4, -0.2) is 7.11 Å². The van der Waals surface area contributed by atoms with E-state index in [1.165, 1.54) is 5.56 Å². The summed E-state index contributed by atoms with van der Waals surface area (Å²) in [6.45, 7) is 3.09. The van der Waals surface area contributed by atoms with Crippen LogP contribution in [0, 0.1) is 6.92 Å². The second kappa shape index (κ2) is 9.03. The fraction of sp³-hybridized carbons (Fsp3) is 0.182. The third-order valence-electron chi connectivity index (χ3n) is 4.21. The maximum Gasteiger partial charge on any atom is 0.180 e. The monoisotopic (exact) mass is 401 g/mol. The maximum atomic E-state index is 6.46. The highest BCUT2D eigenvalue weighted by Crippen LogP contribution is 2.37. The van der Waals surface area contributed by atoms with E-state index in [1.807, 2.05) is 48.5 Å². The first-order valence-electron chi connectivity index (χ1n) is 8.60. The van der Waals surface area contributed by atoms with Crippen molar-refractivity contribution in [3.8, 4) is 11.5 Å². The zero-order chi connectivity index (χ0) is 19.2. The van der Waals surface area contributed by atoms with E-state index in [1.54, 1.807) is 7.11 Å². The van der Waals surface area contributed by atoms with Crippen molar-refractivity contribution in [1.29, 1.82) is 0 Å². The number of benzene rings is 3. The third-order valence-corrected chi connectivity index (χ3v) is 4.75. The summed E-state index contributed by atoms with van der Waals surface area (Å²) in [7, 11) is 1.61. The van der Waals surface area contributed by atoms with E-state index in [0.717, 1.165) is 16.8 Å². The van der Waals surface area contributed by atoms with E-state index >= 15 is 0 Å². The second-order valence-corrected chi connectivity index (χ2v) is 7.04. The first-order chi connectivity index (χ1) is 13.1. The number of nitrogens with one attached hydrogen (secondary N) is 1. The lowest BCUT2D eigenvalue weighted by Gasteiger charge is -2.15. The number of halogens is 2. The molecule has 0 saturated heterocycles. The van der Waals surface area contributed by atoms with Gasteiger partial charge in [-0.1, -0.05) is 53.5 Å². The van der Waals surface area contributed by atoms with Crippen molar-refractivity contribution in [3.05, 3.63) is 87.4 Å². The lowest BCUT2D eigenvalue weighted by atomic mass is 10.1. The topological polar surface area (TPSA) is 30.5 Å². The van der Waals surface area contributed by atoms with Gasteiger partial charge in [0.2, 0.25) is 0 Å². The average molecular weight is 402 g/mol.